The van der Waals surface area contributed by atoms with E-state index in [1.807, 2.05) is 51.1 Å². The van der Waals surface area contributed by atoms with Gasteiger partial charge in [0, 0.05) is 16.9 Å². The Kier molecular flexibility index (Phi) is 6.11. The molecule has 0 aliphatic heterocycles. The molecule has 144 valence electrons. The van der Waals surface area contributed by atoms with Crippen LogP contribution < -0.4 is 15.4 Å². The Hall–Kier alpha value is -3.12. The van der Waals surface area contributed by atoms with Crippen LogP contribution in [-0.2, 0) is 0 Å². The molecule has 0 unspecified atom stereocenters. The smallest absolute Gasteiger partial charge is 0.274 e. The van der Waals surface area contributed by atoms with Gasteiger partial charge in [-0.1, -0.05) is 29.8 Å². The van der Waals surface area contributed by atoms with Crippen molar-refractivity contribution in [2.45, 2.75) is 26.9 Å². The molecule has 2 N–H and O–H groups in total. The molecule has 0 bridgehead atoms. The molecule has 2 aromatic carbocycles. The zero-order chi connectivity index (χ0) is 20.1. The van der Waals surface area contributed by atoms with Gasteiger partial charge in [0.15, 0.2) is 0 Å². The van der Waals surface area contributed by atoms with Crippen molar-refractivity contribution in [3.8, 4) is 5.75 Å². The molecule has 0 aliphatic rings. The SMILES string of the molecule is Cc1ccc(Cl)cc1NC(=O)c1ccnc(Nc2ccccc2OC(C)C)n1. The number of aromatic nitrogens is 2. The van der Waals surface area contributed by atoms with Crippen LogP contribution in [0.2, 0.25) is 5.02 Å². The number of amides is 1. The molecule has 1 aromatic heterocycles. The van der Waals surface area contributed by atoms with Crippen molar-refractivity contribution in [1.29, 1.82) is 0 Å². The fourth-order valence-electron chi connectivity index (χ4n) is 2.51. The van der Waals surface area contributed by atoms with E-state index in [4.69, 9.17) is 16.3 Å². The molecular formula is C21H21ClN4O2. The maximum absolute atomic E-state index is 12.6. The summed E-state index contributed by atoms with van der Waals surface area (Å²) in [5.74, 6) is 0.642. The van der Waals surface area contributed by atoms with E-state index in [-0.39, 0.29) is 17.7 Å². The van der Waals surface area contributed by atoms with Crippen LogP contribution in [0, 0.1) is 6.92 Å². The third-order valence-corrected chi connectivity index (χ3v) is 4.07. The number of aryl methyl sites for hydroxylation is 1. The fourth-order valence-corrected chi connectivity index (χ4v) is 2.68. The van der Waals surface area contributed by atoms with Gasteiger partial charge >= 0.3 is 0 Å². The van der Waals surface area contributed by atoms with Gasteiger partial charge in [0.2, 0.25) is 5.95 Å². The van der Waals surface area contributed by atoms with Gasteiger partial charge in [-0.15, -0.1) is 0 Å². The van der Waals surface area contributed by atoms with E-state index in [2.05, 4.69) is 20.6 Å². The average Bonchev–Trinajstić information content (AvgIpc) is 2.66. The number of hydrogen-bond acceptors (Lipinski definition) is 5. The molecule has 7 heteroatoms. The van der Waals surface area contributed by atoms with Crippen molar-refractivity contribution in [2.24, 2.45) is 0 Å². The van der Waals surface area contributed by atoms with Crippen LogP contribution >= 0.6 is 11.6 Å². The lowest BCUT2D eigenvalue weighted by Gasteiger charge is -2.15. The minimum atomic E-state index is -0.345. The largest absolute Gasteiger partial charge is 0.489 e. The Balaban J connectivity index is 1.79. The summed E-state index contributed by atoms with van der Waals surface area (Å²) < 4.78 is 5.79. The topological polar surface area (TPSA) is 76.1 Å². The predicted molar refractivity (Wildman–Crippen MR) is 112 cm³/mol. The predicted octanol–water partition coefficient (Wildman–Crippen LogP) is 5.22. The number of benzene rings is 2. The number of carbonyl (C=O) groups is 1. The number of hydrogen-bond donors (Lipinski definition) is 2. The first kappa shape index (κ1) is 19.6. The summed E-state index contributed by atoms with van der Waals surface area (Å²) in [6, 6.07) is 14.4. The number of nitrogens with one attached hydrogen (secondary N) is 2. The highest BCUT2D eigenvalue weighted by molar-refractivity contribution is 6.31. The number of carbonyl (C=O) groups excluding carboxylic acids is 1. The van der Waals surface area contributed by atoms with Crippen molar-refractivity contribution in [1.82, 2.24) is 9.97 Å². The van der Waals surface area contributed by atoms with Crippen molar-refractivity contribution >= 4 is 34.8 Å². The summed E-state index contributed by atoms with van der Waals surface area (Å²) in [5.41, 5.74) is 2.50. The number of para-hydroxylation sites is 2. The van der Waals surface area contributed by atoms with E-state index < -0.39 is 0 Å². The second-order valence-electron chi connectivity index (χ2n) is 6.47. The lowest BCUT2D eigenvalue weighted by Crippen LogP contribution is -2.15. The van der Waals surface area contributed by atoms with E-state index in [0.29, 0.717) is 22.4 Å². The maximum atomic E-state index is 12.6. The number of nitrogens with zero attached hydrogens (tertiary/aromatic N) is 2. The van der Waals surface area contributed by atoms with Gasteiger partial charge in [-0.3, -0.25) is 4.79 Å². The van der Waals surface area contributed by atoms with Crippen LogP contribution in [-0.4, -0.2) is 22.0 Å². The third-order valence-electron chi connectivity index (χ3n) is 3.83. The molecule has 0 saturated carbocycles. The molecule has 0 atom stereocenters. The number of halogens is 1. The first-order chi connectivity index (χ1) is 13.4. The van der Waals surface area contributed by atoms with Crippen molar-refractivity contribution in [2.75, 3.05) is 10.6 Å². The zero-order valence-electron chi connectivity index (χ0n) is 15.9. The molecule has 0 aliphatic carbocycles. The van der Waals surface area contributed by atoms with Gasteiger partial charge in [0.05, 0.1) is 11.8 Å². The standard InChI is InChI=1S/C21H21ClN4O2/c1-13(2)28-19-7-5-4-6-16(19)25-21-23-11-10-17(26-21)20(27)24-18-12-15(22)9-8-14(18)3/h4-13H,1-3H3,(H,24,27)(H,23,25,26). The molecule has 3 aromatic rings. The highest BCUT2D eigenvalue weighted by atomic mass is 35.5. The van der Waals surface area contributed by atoms with Crippen molar-refractivity contribution < 1.29 is 9.53 Å². The van der Waals surface area contributed by atoms with Crippen LogP contribution in [0.5, 0.6) is 5.75 Å². The van der Waals surface area contributed by atoms with Gasteiger partial charge < -0.3 is 15.4 Å². The third kappa shape index (κ3) is 4.98. The van der Waals surface area contributed by atoms with E-state index in [1.165, 1.54) is 6.20 Å². The Morgan fingerprint density at radius 3 is 2.68 bits per heavy atom. The van der Waals surface area contributed by atoms with Gasteiger partial charge in [-0.05, 0) is 56.7 Å². The average molecular weight is 397 g/mol. The zero-order valence-corrected chi connectivity index (χ0v) is 16.6. The molecular weight excluding hydrogens is 376 g/mol. The van der Waals surface area contributed by atoms with Crippen LogP contribution in [0.25, 0.3) is 0 Å². The molecule has 1 amide bonds. The first-order valence-corrected chi connectivity index (χ1v) is 9.23. The quantitative estimate of drug-likeness (QED) is 0.597. The summed E-state index contributed by atoms with van der Waals surface area (Å²) in [4.78, 5) is 21.1. The molecule has 6 nitrogen and oxygen atoms in total. The molecule has 1 heterocycles. The normalized spacial score (nSPS) is 10.6. The maximum Gasteiger partial charge on any atom is 0.274 e. The highest BCUT2D eigenvalue weighted by Crippen LogP contribution is 2.27. The van der Waals surface area contributed by atoms with Crippen LogP contribution in [0.1, 0.15) is 29.9 Å². The van der Waals surface area contributed by atoms with Gasteiger partial charge in [-0.25, -0.2) is 9.97 Å². The van der Waals surface area contributed by atoms with E-state index in [1.54, 1.807) is 18.2 Å². The Labute approximate surface area is 168 Å². The lowest BCUT2D eigenvalue weighted by atomic mass is 10.2. The summed E-state index contributed by atoms with van der Waals surface area (Å²) in [5, 5.41) is 6.49. The van der Waals surface area contributed by atoms with Gasteiger partial charge in [0.1, 0.15) is 11.4 Å². The molecule has 3 rings (SSSR count). The lowest BCUT2D eigenvalue weighted by molar-refractivity contribution is 0.102. The summed E-state index contributed by atoms with van der Waals surface area (Å²) in [6.45, 7) is 5.80. The summed E-state index contributed by atoms with van der Waals surface area (Å²) in [7, 11) is 0. The van der Waals surface area contributed by atoms with Crippen molar-refractivity contribution in [3.05, 3.63) is 71.0 Å². The molecule has 0 radical (unpaired) electrons. The first-order valence-electron chi connectivity index (χ1n) is 8.85. The van der Waals surface area contributed by atoms with Gasteiger partial charge in [0.25, 0.3) is 5.91 Å². The van der Waals surface area contributed by atoms with E-state index in [0.717, 1.165) is 11.3 Å². The summed E-state index contributed by atoms with van der Waals surface area (Å²) in [6.07, 6.45) is 1.56. The molecule has 28 heavy (non-hydrogen) atoms. The Morgan fingerprint density at radius 1 is 1.11 bits per heavy atom. The highest BCUT2D eigenvalue weighted by Gasteiger charge is 2.12. The minimum Gasteiger partial charge on any atom is -0.489 e. The summed E-state index contributed by atoms with van der Waals surface area (Å²) >= 11 is 6.01. The molecule has 0 spiro atoms. The number of rotatable bonds is 6. The molecule has 0 fully saturated rings. The van der Waals surface area contributed by atoms with Crippen LogP contribution in [0.4, 0.5) is 17.3 Å². The second-order valence-corrected chi connectivity index (χ2v) is 6.90. The monoisotopic (exact) mass is 396 g/mol. The number of anilines is 3. The number of ether oxygens (including phenoxy) is 1. The Bertz CT molecular complexity index is 992. The van der Waals surface area contributed by atoms with Gasteiger partial charge in [-0.2, -0.15) is 0 Å². The van der Waals surface area contributed by atoms with Crippen LogP contribution in [0.15, 0.2) is 54.7 Å². The Morgan fingerprint density at radius 2 is 1.89 bits per heavy atom. The molecule has 0 saturated heterocycles. The van der Waals surface area contributed by atoms with E-state index >= 15 is 0 Å². The van der Waals surface area contributed by atoms with E-state index in [9.17, 15) is 4.79 Å². The minimum absolute atomic E-state index is 0.0296. The van der Waals surface area contributed by atoms with Crippen LogP contribution in [0.3, 0.4) is 0 Å². The van der Waals surface area contributed by atoms with Crippen molar-refractivity contribution in [3.63, 3.8) is 0 Å². The fraction of sp³-hybridized carbons (Fsp3) is 0.190. The second kappa shape index (κ2) is 8.71.